The zero-order valence-electron chi connectivity index (χ0n) is 12.8. The molecule has 0 fully saturated rings. The lowest BCUT2D eigenvalue weighted by atomic mass is 9.82. The Kier molecular flexibility index (Phi) is 5.25. The van der Waals surface area contributed by atoms with Crippen LogP contribution in [0.5, 0.6) is 0 Å². The number of benzene rings is 1. The lowest BCUT2D eigenvalue weighted by Gasteiger charge is -2.29. The first-order chi connectivity index (χ1) is 9.01. The average Bonchev–Trinajstić information content (AvgIpc) is 2.33. The van der Waals surface area contributed by atoms with Crippen LogP contribution < -0.4 is 5.32 Å². The minimum Gasteiger partial charge on any atom is -0.310 e. The highest BCUT2D eigenvalue weighted by Crippen LogP contribution is 2.31. The van der Waals surface area contributed by atoms with Crippen LogP contribution in [-0.2, 0) is 6.18 Å². The maximum absolute atomic E-state index is 12.7. The highest BCUT2D eigenvalue weighted by molar-refractivity contribution is 5.27. The van der Waals surface area contributed by atoms with E-state index in [1.54, 1.807) is 6.07 Å². The highest BCUT2D eigenvalue weighted by Gasteiger charge is 2.30. The second kappa shape index (κ2) is 6.17. The molecule has 1 rings (SSSR count). The lowest BCUT2D eigenvalue weighted by molar-refractivity contribution is -0.137. The molecule has 1 N–H and O–H groups in total. The predicted molar refractivity (Wildman–Crippen MR) is 76.5 cm³/mol. The van der Waals surface area contributed by atoms with Crippen molar-refractivity contribution in [2.45, 2.75) is 46.8 Å². The fourth-order valence-electron chi connectivity index (χ4n) is 1.76. The van der Waals surface area contributed by atoms with Crippen molar-refractivity contribution in [1.29, 1.82) is 0 Å². The Hall–Kier alpha value is -1.03. The molecule has 0 spiro atoms. The van der Waals surface area contributed by atoms with Crippen LogP contribution in [0.4, 0.5) is 13.2 Å². The van der Waals surface area contributed by atoms with E-state index in [9.17, 15) is 13.2 Å². The van der Waals surface area contributed by atoms with Gasteiger partial charge in [0.1, 0.15) is 0 Å². The Morgan fingerprint density at radius 3 is 2.20 bits per heavy atom. The standard InChI is InChI=1S/C16H24F3N/c1-11(15(3,4)5)10-20-12(2)13-7-6-8-14(9-13)16(17,18)19/h6-9,11-12,20H,10H2,1-5H3. The molecule has 0 bridgehead atoms. The van der Waals surface area contributed by atoms with Crippen molar-refractivity contribution < 1.29 is 13.2 Å². The van der Waals surface area contributed by atoms with Crippen molar-refractivity contribution in [2.75, 3.05) is 6.54 Å². The van der Waals surface area contributed by atoms with Crippen LogP contribution >= 0.6 is 0 Å². The topological polar surface area (TPSA) is 12.0 Å². The number of rotatable bonds is 4. The van der Waals surface area contributed by atoms with Gasteiger partial charge in [-0.05, 0) is 42.5 Å². The van der Waals surface area contributed by atoms with E-state index in [2.05, 4.69) is 33.0 Å². The van der Waals surface area contributed by atoms with Crippen molar-refractivity contribution in [2.24, 2.45) is 11.3 Å². The van der Waals surface area contributed by atoms with Crippen LogP contribution in [0.25, 0.3) is 0 Å². The molecule has 2 atom stereocenters. The van der Waals surface area contributed by atoms with Crippen molar-refractivity contribution in [3.05, 3.63) is 35.4 Å². The van der Waals surface area contributed by atoms with E-state index in [4.69, 9.17) is 0 Å². The molecule has 0 heterocycles. The van der Waals surface area contributed by atoms with E-state index >= 15 is 0 Å². The quantitative estimate of drug-likeness (QED) is 0.818. The Balaban J connectivity index is 2.71. The molecule has 0 aliphatic carbocycles. The van der Waals surface area contributed by atoms with E-state index in [0.717, 1.165) is 12.6 Å². The van der Waals surface area contributed by atoms with Crippen LogP contribution in [0.3, 0.4) is 0 Å². The van der Waals surface area contributed by atoms with Crippen molar-refractivity contribution in [3.63, 3.8) is 0 Å². The number of alkyl halides is 3. The first kappa shape index (κ1) is 17.0. The smallest absolute Gasteiger partial charge is 0.310 e. The molecule has 0 amide bonds. The molecule has 1 aromatic rings. The van der Waals surface area contributed by atoms with E-state index in [1.165, 1.54) is 12.1 Å². The third-order valence-corrected chi connectivity index (χ3v) is 3.92. The Bertz CT molecular complexity index is 432. The highest BCUT2D eigenvalue weighted by atomic mass is 19.4. The summed E-state index contributed by atoms with van der Waals surface area (Å²) in [6.45, 7) is 11.3. The molecule has 2 unspecified atom stereocenters. The summed E-state index contributed by atoms with van der Waals surface area (Å²) < 4.78 is 38.0. The van der Waals surface area contributed by atoms with Gasteiger partial charge in [-0.3, -0.25) is 0 Å². The van der Waals surface area contributed by atoms with Gasteiger partial charge in [0, 0.05) is 6.04 Å². The van der Waals surface area contributed by atoms with Gasteiger partial charge in [-0.25, -0.2) is 0 Å². The fraction of sp³-hybridized carbons (Fsp3) is 0.625. The lowest BCUT2D eigenvalue weighted by Crippen LogP contribution is -2.31. The second-order valence-corrected chi connectivity index (χ2v) is 6.52. The Labute approximate surface area is 119 Å². The zero-order valence-corrected chi connectivity index (χ0v) is 12.8. The average molecular weight is 287 g/mol. The summed E-state index contributed by atoms with van der Waals surface area (Å²) in [5.74, 6) is 0.441. The molecule has 20 heavy (non-hydrogen) atoms. The van der Waals surface area contributed by atoms with Crippen LogP contribution in [-0.4, -0.2) is 6.54 Å². The van der Waals surface area contributed by atoms with Gasteiger partial charge < -0.3 is 5.32 Å². The molecule has 1 nitrogen and oxygen atoms in total. The Morgan fingerprint density at radius 1 is 1.10 bits per heavy atom. The minimum atomic E-state index is -4.28. The van der Waals surface area contributed by atoms with E-state index in [1.807, 2.05) is 6.92 Å². The number of nitrogens with one attached hydrogen (secondary N) is 1. The van der Waals surface area contributed by atoms with Gasteiger partial charge in [-0.2, -0.15) is 13.2 Å². The van der Waals surface area contributed by atoms with Crippen LogP contribution in [0.1, 0.15) is 51.8 Å². The van der Waals surface area contributed by atoms with Gasteiger partial charge >= 0.3 is 6.18 Å². The minimum absolute atomic E-state index is 0.0953. The molecule has 0 radical (unpaired) electrons. The fourth-order valence-corrected chi connectivity index (χ4v) is 1.76. The number of hydrogen-bond acceptors (Lipinski definition) is 1. The van der Waals surface area contributed by atoms with Crippen molar-refractivity contribution in [1.82, 2.24) is 5.32 Å². The maximum atomic E-state index is 12.7. The van der Waals surface area contributed by atoms with E-state index < -0.39 is 11.7 Å². The third-order valence-electron chi connectivity index (χ3n) is 3.92. The van der Waals surface area contributed by atoms with Gasteiger partial charge in [0.05, 0.1) is 5.56 Å². The third kappa shape index (κ3) is 4.82. The van der Waals surface area contributed by atoms with Gasteiger partial charge in [0.2, 0.25) is 0 Å². The largest absolute Gasteiger partial charge is 0.416 e. The van der Waals surface area contributed by atoms with E-state index in [0.29, 0.717) is 11.5 Å². The monoisotopic (exact) mass is 287 g/mol. The molecule has 0 saturated heterocycles. The first-order valence-corrected chi connectivity index (χ1v) is 6.92. The molecule has 1 aromatic carbocycles. The van der Waals surface area contributed by atoms with Gasteiger partial charge in [0.15, 0.2) is 0 Å². The Morgan fingerprint density at radius 2 is 1.70 bits per heavy atom. The molecule has 4 heteroatoms. The maximum Gasteiger partial charge on any atom is 0.416 e. The number of halogens is 3. The summed E-state index contributed by atoms with van der Waals surface area (Å²) in [5.41, 5.74) is 0.258. The molecule has 0 aromatic heterocycles. The molecular weight excluding hydrogens is 263 g/mol. The first-order valence-electron chi connectivity index (χ1n) is 6.92. The zero-order chi connectivity index (χ0) is 15.6. The summed E-state index contributed by atoms with van der Waals surface area (Å²) in [5, 5.41) is 3.32. The second-order valence-electron chi connectivity index (χ2n) is 6.52. The number of hydrogen-bond donors (Lipinski definition) is 1. The van der Waals surface area contributed by atoms with Crippen molar-refractivity contribution in [3.8, 4) is 0 Å². The summed E-state index contributed by atoms with van der Waals surface area (Å²) in [4.78, 5) is 0. The predicted octanol–water partition coefficient (Wildman–Crippen LogP) is 5.04. The molecule has 0 aliphatic rings. The molecule has 0 aliphatic heterocycles. The normalized spacial score (nSPS) is 16.0. The molecule has 0 saturated carbocycles. The summed E-state index contributed by atoms with van der Waals surface area (Å²) >= 11 is 0. The summed E-state index contributed by atoms with van der Waals surface area (Å²) in [6, 6.07) is 5.42. The van der Waals surface area contributed by atoms with Crippen molar-refractivity contribution >= 4 is 0 Å². The van der Waals surface area contributed by atoms with Gasteiger partial charge in [-0.15, -0.1) is 0 Å². The van der Waals surface area contributed by atoms with Crippen LogP contribution in [0.15, 0.2) is 24.3 Å². The summed E-state index contributed by atoms with van der Waals surface area (Å²) in [6.07, 6.45) is -4.28. The molecular formula is C16H24F3N. The summed E-state index contributed by atoms with van der Waals surface area (Å²) in [7, 11) is 0. The SMILES string of the molecule is CC(NCC(C)C(C)(C)C)c1cccc(C(F)(F)F)c1. The van der Waals surface area contributed by atoms with Crippen LogP contribution in [0, 0.1) is 11.3 Å². The molecule has 114 valence electrons. The van der Waals surface area contributed by atoms with Gasteiger partial charge in [-0.1, -0.05) is 39.8 Å². The van der Waals surface area contributed by atoms with Gasteiger partial charge in [0.25, 0.3) is 0 Å². The van der Waals surface area contributed by atoms with E-state index in [-0.39, 0.29) is 11.5 Å². The van der Waals surface area contributed by atoms with Crippen LogP contribution in [0.2, 0.25) is 0 Å².